The zero-order valence-corrected chi connectivity index (χ0v) is 20.4. The van der Waals surface area contributed by atoms with Crippen LogP contribution in [0.1, 0.15) is 66.8 Å². The minimum Gasteiger partial charge on any atom is -0.366 e. The number of hydroxylamine groups is 2. The average Bonchev–Trinajstić information content (AvgIpc) is 2.88. The van der Waals surface area contributed by atoms with Gasteiger partial charge in [-0.1, -0.05) is 57.9 Å². The Morgan fingerprint density at radius 1 is 1.11 bits per heavy atom. The van der Waals surface area contributed by atoms with Gasteiger partial charge in [0, 0.05) is 17.3 Å². The van der Waals surface area contributed by atoms with Crippen LogP contribution in [0.25, 0.3) is 11.3 Å². The molecule has 1 aromatic heterocycles. The van der Waals surface area contributed by atoms with E-state index in [1.165, 1.54) is 6.20 Å². The van der Waals surface area contributed by atoms with Gasteiger partial charge in [0.2, 0.25) is 11.8 Å². The second-order valence-corrected chi connectivity index (χ2v) is 8.21. The van der Waals surface area contributed by atoms with Gasteiger partial charge in [0.05, 0.1) is 24.3 Å². The van der Waals surface area contributed by atoms with Crippen LogP contribution in [0.3, 0.4) is 0 Å². The van der Waals surface area contributed by atoms with Crippen molar-refractivity contribution in [2.24, 2.45) is 11.7 Å². The van der Waals surface area contributed by atoms with Gasteiger partial charge in [-0.3, -0.25) is 24.7 Å². The second kappa shape index (κ2) is 13.9. The molecule has 2 aromatic rings. The summed E-state index contributed by atoms with van der Waals surface area (Å²) in [6, 6.07) is 11.3. The van der Waals surface area contributed by atoms with Crippen LogP contribution in [0, 0.1) is 5.92 Å². The molecule has 0 fully saturated rings. The van der Waals surface area contributed by atoms with Crippen LogP contribution in [0.15, 0.2) is 55.2 Å². The molecular formula is C26H35N5O4. The van der Waals surface area contributed by atoms with Crippen molar-refractivity contribution in [1.29, 1.82) is 0 Å². The summed E-state index contributed by atoms with van der Waals surface area (Å²) >= 11 is 0. The van der Waals surface area contributed by atoms with Crippen molar-refractivity contribution in [2.75, 3.05) is 6.67 Å². The van der Waals surface area contributed by atoms with E-state index in [1.54, 1.807) is 42.5 Å². The number of pyridine rings is 1. The molecule has 2 atom stereocenters. The van der Waals surface area contributed by atoms with E-state index in [4.69, 9.17) is 5.73 Å². The first-order valence-electron chi connectivity index (χ1n) is 11.8. The van der Waals surface area contributed by atoms with Gasteiger partial charge >= 0.3 is 0 Å². The third kappa shape index (κ3) is 7.92. The molecule has 5 N–H and O–H groups in total. The number of nitrogens with zero attached hydrogens (tertiary/aromatic N) is 2. The predicted octanol–water partition coefficient (Wildman–Crippen LogP) is 3.46. The van der Waals surface area contributed by atoms with Gasteiger partial charge in [0.1, 0.15) is 5.69 Å². The Morgan fingerprint density at radius 2 is 1.83 bits per heavy atom. The molecular weight excluding hydrogens is 446 g/mol. The Kier molecular flexibility index (Phi) is 10.9. The van der Waals surface area contributed by atoms with Crippen molar-refractivity contribution in [3.05, 3.63) is 66.5 Å². The summed E-state index contributed by atoms with van der Waals surface area (Å²) < 4.78 is 0. The summed E-state index contributed by atoms with van der Waals surface area (Å²) in [5.74, 6) is -1.65. The molecule has 3 amide bonds. The van der Waals surface area contributed by atoms with Crippen molar-refractivity contribution in [2.45, 2.75) is 52.0 Å². The molecule has 0 aliphatic rings. The number of carbonyl (C=O) groups is 3. The highest BCUT2D eigenvalue weighted by Crippen LogP contribution is 2.21. The number of primary amides is 1. The fourth-order valence-corrected chi connectivity index (χ4v) is 3.86. The molecule has 0 aliphatic carbocycles. The van der Waals surface area contributed by atoms with Gasteiger partial charge in [0.15, 0.2) is 0 Å². The Labute approximate surface area is 206 Å². The van der Waals surface area contributed by atoms with E-state index in [0.29, 0.717) is 24.1 Å². The molecule has 9 heteroatoms. The number of benzene rings is 1. The van der Waals surface area contributed by atoms with Gasteiger partial charge in [0.25, 0.3) is 5.91 Å². The normalized spacial score (nSPS) is 12.3. The van der Waals surface area contributed by atoms with Gasteiger partial charge in [-0.25, -0.2) is 4.98 Å². The first-order chi connectivity index (χ1) is 16.8. The van der Waals surface area contributed by atoms with E-state index in [-0.39, 0.29) is 18.3 Å². The number of nitrogens with one attached hydrogen (secondary N) is 2. The molecule has 2 unspecified atom stereocenters. The number of unbranched alkanes of at least 4 members (excludes halogenated alkanes) is 2. The number of aromatic nitrogens is 1. The van der Waals surface area contributed by atoms with Crippen molar-refractivity contribution in [1.82, 2.24) is 20.7 Å². The van der Waals surface area contributed by atoms with Crippen LogP contribution < -0.4 is 16.4 Å². The number of carbonyl (C=O) groups excluding carboxylic acids is 3. The maximum atomic E-state index is 12.9. The zero-order valence-electron chi connectivity index (χ0n) is 20.4. The maximum absolute atomic E-state index is 12.9. The Hall–Kier alpha value is -3.72. The molecule has 1 heterocycles. The van der Waals surface area contributed by atoms with Gasteiger partial charge in [-0.15, -0.1) is 0 Å². The van der Waals surface area contributed by atoms with E-state index in [9.17, 15) is 19.6 Å². The monoisotopic (exact) mass is 481 g/mol. The minimum atomic E-state index is -0.520. The summed E-state index contributed by atoms with van der Waals surface area (Å²) in [5.41, 5.74) is 7.14. The van der Waals surface area contributed by atoms with Gasteiger partial charge < -0.3 is 16.4 Å². The second-order valence-electron chi connectivity index (χ2n) is 8.21. The third-order valence-electron chi connectivity index (χ3n) is 5.82. The highest BCUT2D eigenvalue weighted by atomic mass is 16.5. The highest BCUT2D eigenvalue weighted by molar-refractivity contribution is 5.94. The first-order valence-corrected chi connectivity index (χ1v) is 11.8. The van der Waals surface area contributed by atoms with Crippen LogP contribution in [0.4, 0.5) is 0 Å². The van der Waals surface area contributed by atoms with E-state index in [0.717, 1.165) is 29.9 Å². The summed E-state index contributed by atoms with van der Waals surface area (Å²) in [4.78, 5) is 41.2. The standard InChI is InChI=1S/C26H35N5O4/c1-4-7-8-10-20(23(5-2)31(35)6-3)25(33)28-17-29-26(34)22-12-9-11-21(30-22)18-13-15-19(16-14-18)24(27)32/h6,9,11-16,20,23,35H,3-5,7-8,10,17H2,1-2H3,(H2,27,32)(H,28,33)(H,29,34). The maximum Gasteiger partial charge on any atom is 0.271 e. The molecule has 0 spiro atoms. The smallest absolute Gasteiger partial charge is 0.271 e. The summed E-state index contributed by atoms with van der Waals surface area (Å²) in [7, 11) is 0. The quantitative estimate of drug-likeness (QED) is 0.185. The lowest BCUT2D eigenvalue weighted by atomic mass is 9.90. The molecule has 188 valence electrons. The summed E-state index contributed by atoms with van der Waals surface area (Å²) in [5, 5.41) is 16.6. The zero-order chi connectivity index (χ0) is 25.8. The van der Waals surface area contributed by atoms with Crippen LogP contribution in [-0.2, 0) is 4.79 Å². The lowest BCUT2D eigenvalue weighted by Gasteiger charge is -2.30. The highest BCUT2D eigenvalue weighted by Gasteiger charge is 2.29. The van der Waals surface area contributed by atoms with E-state index >= 15 is 0 Å². The SMILES string of the molecule is C=CN(O)C(CC)C(CCCCC)C(=O)NCNC(=O)c1cccc(-c2ccc(C(N)=O)cc2)n1. The van der Waals surface area contributed by atoms with Crippen molar-refractivity contribution >= 4 is 17.7 Å². The molecule has 0 saturated heterocycles. The Morgan fingerprint density at radius 3 is 2.43 bits per heavy atom. The largest absolute Gasteiger partial charge is 0.366 e. The summed E-state index contributed by atoms with van der Waals surface area (Å²) in [6.45, 7) is 7.50. The number of hydrogen-bond acceptors (Lipinski definition) is 6. The Balaban J connectivity index is 2.01. The molecule has 35 heavy (non-hydrogen) atoms. The number of nitrogens with two attached hydrogens (primary N) is 1. The van der Waals surface area contributed by atoms with Crippen molar-refractivity contribution in [3.8, 4) is 11.3 Å². The number of rotatable bonds is 14. The van der Waals surface area contributed by atoms with E-state index in [2.05, 4.69) is 29.1 Å². The lowest BCUT2D eigenvalue weighted by molar-refractivity contribution is -0.138. The van der Waals surface area contributed by atoms with Gasteiger partial charge in [-0.2, -0.15) is 0 Å². The Bertz CT molecular complexity index is 1010. The van der Waals surface area contributed by atoms with Crippen LogP contribution in [0.2, 0.25) is 0 Å². The van der Waals surface area contributed by atoms with Crippen LogP contribution in [-0.4, -0.2) is 45.7 Å². The van der Waals surface area contributed by atoms with Crippen molar-refractivity contribution < 1.29 is 19.6 Å². The van der Waals surface area contributed by atoms with Crippen LogP contribution >= 0.6 is 0 Å². The third-order valence-corrected chi connectivity index (χ3v) is 5.82. The van der Waals surface area contributed by atoms with E-state index in [1.807, 2.05) is 6.92 Å². The minimum absolute atomic E-state index is 0.0723. The molecule has 0 radical (unpaired) electrons. The van der Waals surface area contributed by atoms with Gasteiger partial charge in [-0.05, 0) is 37.1 Å². The molecule has 0 aliphatic heterocycles. The molecule has 1 aromatic carbocycles. The fourth-order valence-electron chi connectivity index (χ4n) is 3.86. The van der Waals surface area contributed by atoms with Crippen LogP contribution in [0.5, 0.6) is 0 Å². The predicted molar refractivity (Wildman–Crippen MR) is 134 cm³/mol. The molecule has 2 rings (SSSR count). The summed E-state index contributed by atoms with van der Waals surface area (Å²) in [6.07, 6.45) is 5.36. The number of amides is 3. The topological polar surface area (TPSA) is 138 Å². The molecule has 0 saturated carbocycles. The average molecular weight is 482 g/mol. The number of hydrogen-bond donors (Lipinski definition) is 4. The lowest BCUT2D eigenvalue weighted by Crippen LogP contribution is -2.46. The molecule has 9 nitrogen and oxygen atoms in total. The fraction of sp³-hybridized carbons (Fsp3) is 0.385. The van der Waals surface area contributed by atoms with Crippen molar-refractivity contribution in [3.63, 3.8) is 0 Å². The first kappa shape index (κ1) is 27.5. The van der Waals surface area contributed by atoms with E-state index < -0.39 is 23.8 Å². The molecule has 0 bridgehead atoms.